The fourth-order valence-corrected chi connectivity index (χ4v) is 1.44. The van der Waals surface area contributed by atoms with Crippen molar-refractivity contribution in [1.29, 1.82) is 0 Å². The molecular formula is C9H16N4O2. The first-order valence-corrected chi connectivity index (χ1v) is 4.86. The third-order valence-electron chi connectivity index (χ3n) is 2.18. The third kappa shape index (κ3) is 2.76. The number of hydrogen-bond donors (Lipinski definition) is 1. The third-order valence-corrected chi connectivity index (χ3v) is 2.18. The Morgan fingerprint density at radius 3 is 2.93 bits per heavy atom. The fourth-order valence-electron chi connectivity index (χ4n) is 1.44. The van der Waals surface area contributed by atoms with Gasteiger partial charge in [0.2, 0.25) is 0 Å². The van der Waals surface area contributed by atoms with Crippen LogP contribution in [0.1, 0.15) is 24.3 Å². The Kier molecular flexibility index (Phi) is 4.23. The Morgan fingerprint density at radius 1 is 1.73 bits per heavy atom. The van der Waals surface area contributed by atoms with E-state index >= 15 is 0 Å². The average Bonchev–Trinajstić information content (AvgIpc) is 2.71. The van der Waals surface area contributed by atoms with Crippen LogP contribution in [0.3, 0.4) is 0 Å². The first-order valence-electron chi connectivity index (χ1n) is 4.86. The van der Waals surface area contributed by atoms with Crippen LogP contribution in [0.15, 0.2) is 6.20 Å². The summed E-state index contributed by atoms with van der Waals surface area (Å²) in [6.07, 6.45) is 1.42. The quantitative estimate of drug-likeness (QED) is 0.762. The van der Waals surface area contributed by atoms with Crippen LogP contribution in [-0.4, -0.2) is 52.5 Å². The molecule has 0 aliphatic rings. The van der Waals surface area contributed by atoms with Crippen molar-refractivity contribution in [1.82, 2.24) is 20.3 Å². The number of aromatic nitrogens is 3. The lowest BCUT2D eigenvalue weighted by Gasteiger charge is -2.26. The van der Waals surface area contributed by atoms with Crippen molar-refractivity contribution in [2.24, 2.45) is 0 Å². The molecule has 0 aliphatic carbocycles. The van der Waals surface area contributed by atoms with Crippen molar-refractivity contribution in [2.75, 3.05) is 20.3 Å². The average molecular weight is 212 g/mol. The molecule has 0 saturated heterocycles. The van der Waals surface area contributed by atoms with Gasteiger partial charge >= 0.3 is 0 Å². The predicted molar refractivity (Wildman–Crippen MR) is 54.4 cm³/mol. The summed E-state index contributed by atoms with van der Waals surface area (Å²) < 4.78 is 5.02. The van der Waals surface area contributed by atoms with Crippen LogP contribution >= 0.6 is 0 Å². The number of carbonyl (C=O) groups excluding carboxylic acids is 1. The van der Waals surface area contributed by atoms with Crippen LogP contribution in [0.2, 0.25) is 0 Å². The lowest BCUT2D eigenvalue weighted by atomic mass is 10.2. The van der Waals surface area contributed by atoms with Gasteiger partial charge in [-0.1, -0.05) is 0 Å². The van der Waals surface area contributed by atoms with Gasteiger partial charge in [-0.2, -0.15) is 15.4 Å². The molecule has 0 spiro atoms. The molecule has 15 heavy (non-hydrogen) atoms. The maximum Gasteiger partial charge on any atom is 0.276 e. The molecule has 1 atom stereocenters. The van der Waals surface area contributed by atoms with E-state index in [-0.39, 0.29) is 11.9 Å². The van der Waals surface area contributed by atoms with E-state index in [9.17, 15) is 4.79 Å². The Bertz CT molecular complexity index is 299. The zero-order valence-electron chi connectivity index (χ0n) is 9.23. The lowest BCUT2D eigenvalue weighted by molar-refractivity contribution is 0.0573. The summed E-state index contributed by atoms with van der Waals surface area (Å²) in [5, 5.41) is 9.79. The van der Waals surface area contributed by atoms with E-state index in [0.29, 0.717) is 18.8 Å². The zero-order chi connectivity index (χ0) is 11.3. The zero-order valence-corrected chi connectivity index (χ0v) is 9.23. The number of likely N-dealkylation sites (N-methyl/N-ethyl adjacent to an activating group) is 1. The van der Waals surface area contributed by atoms with Crippen molar-refractivity contribution in [3.8, 4) is 0 Å². The standard InChI is InChI=1S/C9H16N4O2/c1-4-13(7(2)6-15-3)9(14)8-5-10-12-11-8/h5,7H,4,6H2,1-3H3,(H,10,11,12). The summed E-state index contributed by atoms with van der Waals surface area (Å²) >= 11 is 0. The molecule has 1 amide bonds. The molecule has 0 fully saturated rings. The van der Waals surface area contributed by atoms with E-state index < -0.39 is 0 Å². The van der Waals surface area contributed by atoms with Gasteiger partial charge in [-0.3, -0.25) is 4.79 Å². The molecule has 1 rings (SSSR count). The van der Waals surface area contributed by atoms with Gasteiger partial charge in [0.1, 0.15) is 0 Å². The Labute approximate surface area is 88.6 Å². The number of nitrogens with zero attached hydrogens (tertiary/aromatic N) is 3. The SMILES string of the molecule is CCN(C(=O)c1cn[nH]n1)C(C)COC. The summed E-state index contributed by atoms with van der Waals surface area (Å²) in [4.78, 5) is 13.6. The number of rotatable bonds is 5. The van der Waals surface area contributed by atoms with Crippen LogP contribution in [0, 0.1) is 0 Å². The number of hydrogen-bond acceptors (Lipinski definition) is 4. The molecular weight excluding hydrogens is 196 g/mol. The largest absolute Gasteiger partial charge is 0.383 e. The molecule has 6 heteroatoms. The minimum absolute atomic E-state index is 0.0317. The molecule has 1 N–H and O–H groups in total. The molecule has 0 bridgehead atoms. The second-order valence-corrected chi connectivity index (χ2v) is 3.25. The van der Waals surface area contributed by atoms with Crippen molar-refractivity contribution in [2.45, 2.75) is 19.9 Å². The van der Waals surface area contributed by atoms with E-state index in [0.717, 1.165) is 0 Å². The Hall–Kier alpha value is -1.43. The number of H-pyrrole nitrogens is 1. The van der Waals surface area contributed by atoms with Crippen LogP contribution in [-0.2, 0) is 4.74 Å². The van der Waals surface area contributed by atoms with Crippen molar-refractivity contribution in [3.05, 3.63) is 11.9 Å². The minimum atomic E-state index is -0.129. The van der Waals surface area contributed by atoms with Crippen LogP contribution < -0.4 is 0 Å². The maximum atomic E-state index is 11.9. The molecule has 1 aromatic rings. The molecule has 0 radical (unpaired) electrons. The summed E-state index contributed by atoms with van der Waals surface area (Å²) in [6.45, 7) is 4.99. The van der Waals surface area contributed by atoms with E-state index in [4.69, 9.17) is 4.74 Å². The number of carbonyl (C=O) groups is 1. The smallest absolute Gasteiger partial charge is 0.276 e. The summed E-state index contributed by atoms with van der Waals surface area (Å²) in [7, 11) is 1.62. The van der Waals surface area contributed by atoms with Crippen LogP contribution in [0.4, 0.5) is 0 Å². The highest BCUT2D eigenvalue weighted by Crippen LogP contribution is 2.05. The lowest BCUT2D eigenvalue weighted by Crippen LogP contribution is -2.41. The van der Waals surface area contributed by atoms with Gasteiger partial charge in [-0.25, -0.2) is 0 Å². The number of nitrogens with one attached hydrogen (secondary N) is 1. The summed E-state index contributed by atoms with van der Waals surface area (Å²) in [6, 6.07) is 0.0317. The second kappa shape index (κ2) is 5.45. The first-order chi connectivity index (χ1) is 7.20. The molecule has 0 aromatic carbocycles. The molecule has 1 aromatic heterocycles. The van der Waals surface area contributed by atoms with Gasteiger partial charge in [0.05, 0.1) is 18.8 Å². The van der Waals surface area contributed by atoms with E-state index in [2.05, 4.69) is 15.4 Å². The van der Waals surface area contributed by atoms with Gasteiger partial charge < -0.3 is 9.64 Å². The Morgan fingerprint density at radius 2 is 2.47 bits per heavy atom. The number of ether oxygens (including phenoxy) is 1. The van der Waals surface area contributed by atoms with Crippen LogP contribution in [0.5, 0.6) is 0 Å². The number of amides is 1. The fraction of sp³-hybridized carbons (Fsp3) is 0.667. The van der Waals surface area contributed by atoms with Crippen LogP contribution in [0.25, 0.3) is 0 Å². The molecule has 1 heterocycles. The number of aromatic amines is 1. The topological polar surface area (TPSA) is 71.1 Å². The van der Waals surface area contributed by atoms with Gasteiger partial charge in [0, 0.05) is 13.7 Å². The van der Waals surface area contributed by atoms with Crippen molar-refractivity contribution >= 4 is 5.91 Å². The molecule has 1 unspecified atom stereocenters. The first kappa shape index (κ1) is 11.6. The highest BCUT2D eigenvalue weighted by atomic mass is 16.5. The van der Waals surface area contributed by atoms with Gasteiger partial charge in [-0.05, 0) is 13.8 Å². The normalized spacial score (nSPS) is 12.5. The highest BCUT2D eigenvalue weighted by molar-refractivity contribution is 5.92. The summed E-state index contributed by atoms with van der Waals surface area (Å²) in [5.41, 5.74) is 0.333. The molecule has 0 saturated carbocycles. The molecule has 6 nitrogen and oxygen atoms in total. The predicted octanol–water partition coefficient (Wildman–Crippen LogP) is 0.302. The van der Waals surface area contributed by atoms with Gasteiger partial charge in [-0.15, -0.1) is 0 Å². The maximum absolute atomic E-state index is 11.9. The van der Waals surface area contributed by atoms with E-state index in [1.807, 2.05) is 13.8 Å². The molecule has 84 valence electrons. The minimum Gasteiger partial charge on any atom is -0.383 e. The van der Waals surface area contributed by atoms with Gasteiger partial charge in [0.15, 0.2) is 5.69 Å². The number of methoxy groups -OCH3 is 1. The molecule has 0 aliphatic heterocycles. The van der Waals surface area contributed by atoms with E-state index in [1.165, 1.54) is 6.20 Å². The highest BCUT2D eigenvalue weighted by Gasteiger charge is 2.21. The van der Waals surface area contributed by atoms with Gasteiger partial charge in [0.25, 0.3) is 5.91 Å². The monoisotopic (exact) mass is 212 g/mol. The summed E-state index contributed by atoms with van der Waals surface area (Å²) in [5.74, 6) is -0.129. The Balaban J connectivity index is 2.70. The second-order valence-electron chi connectivity index (χ2n) is 3.25. The van der Waals surface area contributed by atoms with Crippen molar-refractivity contribution < 1.29 is 9.53 Å². The van der Waals surface area contributed by atoms with Crippen molar-refractivity contribution in [3.63, 3.8) is 0 Å². The van der Waals surface area contributed by atoms with E-state index in [1.54, 1.807) is 12.0 Å².